The quantitative estimate of drug-likeness (QED) is 0.414. The third kappa shape index (κ3) is 4.85. The molecule has 0 atom stereocenters. The van der Waals surface area contributed by atoms with Crippen molar-refractivity contribution in [2.45, 2.75) is 33.2 Å². The van der Waals surface area contributed by atoms with Gasteiger partial charge in [-0.1, -0.05) is 67.6 Å². The maximum atomic E-state index is 5.63. The van der Waals surface area contributed by atoms with E-state index in [-0.39, 0.29) is 0 Å². The molecule has 2 heterocycles. The molecule has 2 aromatic heterocycles. The van der Waals surface area contributed by atoms with Crippen molar-refractivity contribution >= 4 is 0 Å². The fourth-order valence-corrected chi connectivity index (χ4v) is 3.29. The summed E-state index contributed by atoms with van der Waals surface area (Å²) in [4.78, 5) is 4.59. The zero-order valence-electron chi connectivity index (χ0n) is 17.7. The van der Waals surface area contributed by atoms with Crippen molar-refractivity contribution in [3.63, 3.8) is 0 Å². The minimum Gasteiger partial charge on any atom is -0.462 e. The molecular formula is C23H25N7O. The van der Waals surface area contributed by atoms with Crippen molar-refractivity contribution in [3.05, 3.63) is 72.1 Å². The second-order valence-corrected chi connectivity index (χ2v) is 7.08. The minimum atomic E-state index is 0.438. The van der Waals surface area contributed by atoms with Gasteiger partial charge in [-0.05, 0) is 40.5 Å². The third-order valence-corrected chi connectivity index (χ3v) is 4.83. The second-order valence-electron chi connectivity index (χ2n) is 7.08. The van der Waals surface area contributed by atoms with Crippen LogP contribution in [0.1, 0.15) is 31.7 Å². The molecule has 158 valence electrons. The number of allylic oxidation sites excluding steroid dienone is 2. The van der Waals surface area contributed by atoms with E-state index in [9.17, 15) is 0 Å². The maximum Gasteiger partial charge on any atom is 0.335 e. The van der Waals surface area contributed by atoms with E-state index in [2.05, 4.69) is 74.0 Å². The summed E-state index contributed by atoms with van der Waals surface area (Å²) >= 11 is 0. The van der Waals surface area contributed by atoms with Gasteiger partial charge in [-0.25, -0.2) is 9.78 Å². The monoisotopic (exact) mass is 415 g/mol. The molecule has 31 heavy (non-hydrogen) atoms. The van der Waals surface area contributed by atoms with Crippen LogP contribution < -0.4 is 4.74 Å². The van der Waals surface area contributed by atoms with Crippen molar-refractivity contribution in [2.75, 3.05) is 6.61 Å². The van der Waals surface area contributed by atoms with Crippen molar-refractivity contribution < 1.29 is 4.74 Å². The van der Waals surface area contributed by atoms with E-state index in [0.29, 0.717) is 31.4 Å². The molecule has 0 aliphatic carbocycles. The van der Waals surface area contributed by atoms with Gasteiger partial charge in [0.05, 0.1) is 13.2 Å². The molecule has 0 fully saturated rings. The van der Waals surface area contributed by atoms with E-state index < -0.39 is 0 Å². The highest BCUT2D eigenvalue weighted by molar-refractivity contribution is 5.80. The van der Waals surface area contributed by atoms with Crippen LogP contribution in [-0.4, -0.2) is 42.0 Å². The van der Waals surface area contributed by atoms with E-state index in [4.69, 9.17) is 4.74 Å². The Kier molecular flexibility index (Phi) is 6.47. The van der Waals surface area contributed by atoms with E-state index in [1.54, 1.807) is 0 Å². The Hall–Kier alpha value is -3.81. The first kappa shape index (κ1) is 20.5. The Labute approximate surface area is 181 Å². The number of benzene rings is 2. The molecule has 0 aliphatic rings. The molecule has 0 aliphatic heterocycles. The number of aromatic amines is 1. The molecule has 4 rings (SSSR count). The summed E-state index contributed by atoms with van der Waals surface area (Å²) in [6.45, 7) is 5.35. The van der Waals surface area contributed by atoms with Gasteiger partial charge in [-0.3, -0.25) is 0 Å². The molecule has 0 saturated carbocycles. The first-order valence-corrected chi connectivity index (χ1v) is 10.4. The Morgan fingerprint density at radius 1 is 1.06 bits per heavy atom. The number of rotatable bonds is 9. The first-order chi connectivity index (χ1) is 15.3. The molecule has 8 nitrogen and oxygen atoms in total. The number of ether oxygens (including phenoxy) is 1. The van der Waals surface area contributed by atoms with Gasteiger partial charge in [0, 0.05) is 12.0 Å². The predicted octanol–water partition coefficient (Wildman–Crippen LogP) is 4.08. The Morgan fingerprint density at radius 3 is 2.58 bits per heavy atom. The standard InChI is InChI=1S/C23H25N7O/c1-3-5-14-30-21(24-23(27-30)31-15-4-2)16-17-10-12-18(13-11-17)19-8-6-7-9-20(19)22-25-28-29-26-22/h3,5-13H,4,14-16H2,1-2H3,(H,25,26,28,29)/b5-3+. The zero-order chi connectivity index (χ0) is 21.5. The lowest BCUT2D eigenvalue weighted by Crippen LogP contribution is -2.05. The SMILES string of the molecule is C/C=C/Cn1nc(OCCC)nc1Cc1ccc(-c2ccccc2-c2nnn[nH]2)cc1. The summed E-state index contributed by atoms with van der Waals surface area (Å²) in [6.07, 6.45) is 5.66. The molecule has 0 bridgehead atoms. The maximum absolute atomic E-state index is 5.63. The van der Waals surface area contributed by atoms with E-state index >= 15 is 0 Å². The van der Waals surface area contributed by atoms with E-state index in [0.717, 1.165) is 34.5 Å². The molecule has 0 saturated heterocycles. The number of tetrazole rings is 1. The van der Waals surface area contributed by atoms with Crippen LogP contribution in [0.5, 0.6) is 6.01 Å². The average Bonchev–Trinajstić information content (AvgIpc) is 3.47. The van der Waals surface area contributed by atoms with Crippen LogP contribution in [0.3, 0.4) is 0 Å². The van der Waals surface area contributed by atoms with Crippen LogP contribution in [0.2, 0.25) is 0 Å². The van der Waals surface area contributed by atoms with Crippen LogP contribution in [0.25, 0.3) is 22.5 Å². The van der Waals surface area contributed by atoms with Gasteiger partial charge in [0.15, 0.2) is 5.82 Å². The highest BCUT2D eigenvalue weighted by atomic mass is 16.5. The Bertz CT molecular complexity index is 1130. The molecule has 0 unspecified atom stereocenters. The summed E-state index contributed by atoms with van der Waals surface area (Å²) in [5.41, 5.74) is 4.28. The summed E-state index contributed by atoms with van der Waals surface area (Å²) in [5, 5.41) is 18.8. The van der Waals surface area contributed by atoms with Gasteiger partial charge in [-0.15, -0.1) is 10.2 Å². The third-order valence-electron chi connectivity index (χ3n) is 4.83. The number of H-pyrrole nitrogens is 1. The number of nitrogens with zero attached hydrogens (tertiary/aromatic N) is 6. The number of hydrogen-bond donors (Lipinski definition) is 1. The van der Waals surface area contributed by atoms with E-state index in [1.165, 1.54) is 0 Å². The van der Waals surface area contributed by atoms with Crippen LogP contribution in [0.15, 0.2) is 60.7 Å². The molecule has 0 amide bonds. The van der Waals surface area contributed by atoms with Crippen molar-refractivity contribution in [1.29, 1.82) is 0 Å². The van der Waals surface area contributed by atoms with Crippen molar-refractivity contribution in [3.8, 4) is 28.5 Å². The van der Waals surface area contributed by atoms with Gasteiger partial charge < -0.3 is 4.74 Å². The lowest BCUT2D eigenvalue weighted by atomic mass is 9.98. The zero-order valence-corrected chi connectivity index (χ0v) is 17.7. The average molecular weight is 416 g/mol. The van der Waals surface area contributed by atoms with Gasteiger partial charge in [0.2, 0.25) is 0 Å². The fourth-order valence-electron chi connectivity index (χ4n) is 3.29. The lowest BCUT2D eigenvalue weighted by Gasteiger charge is -2.08. The number of hydrogen-bond acceptors (Lipinski definition) is 6. The second kappa shape index (κ2) is 9.80. The highest BCUT2D eigenvalue weighted by Crippen LogP contribution is 2.30. The van der Waals surface area contributed by atoms with Gasteiger partial charge in [0.25, 0.3) is 0 Å². The number of nitrogens with one attached hydrogen (secondary N) is 1. The van der Waals surface area contributed by atoms with Gasteiger partial charge >= 0.3 is 6.01 Å². The largest absolute Gasteiger partial charge is 0.462 e. The predicted molar refractivity (Wildman–Crippen MR) is 118 cm³/mol. The smallest absolute Gasteiger partial charge is 0.335 e. The lowest BCUT2D eigenvalue weighted by molar-refractivity contribution is 0.291. The molecular weight excluding hydrogens is 390 g/mol. The molecule has 1 N–H and O–H groups in total. The van der Waals surface area contributed by atoms with Crippen molar-refractivity contribution in [1.82, 2.24) is 35.4 Å². The molecule has 0 spiro atoms. The highest BCUT2D eigenvalue weighted by Gasteiger charge is 2.13. The topological polar surface area (TPSA) is 94.4 Å². The Balaban J connectivity index is 1.57. The summed E-state index contributed by atoms with van der Waals surface area (Å²) in [5.74, 6) is 1.53. The molecule has 8 heteroatoms. The summed E-state index contributed by atoms with van der Waals surface area (Å²) < 4.78 is 7.53. The summed E-state index contributed by atoms with van der Waals surface area (Å²) in [6, 6.07) is 17.0. The minimum absolute atomic E-state index is 0.438. The van der Waals surface area contributed by atoms with Crippen LogP contribution in [0.4, 0.5) is 0 Å². The van der Waals surface area contributed by atoms with Crippen LogP contribution in [-0.2, 0) is 13.0 Å². The first-order valence-electron chi connectivity index (χ1n) is 10.4. The van der Waals surface area contributed by atoms with Crippen LogP contribution >= 0.6 is 0 Å². The molecule has 4 aromatic rings. The summed E-state index contributed by atoms with van der Waals surface area (Å²) in [7, 11) is 0. The van der Waals surface area contributed by atoms with Gasteiger partial charge in [0.1, 0.15) is 5.82 Å². The van der Waals surface area contributed by atoms with E-state index in [1.807, 2.05) is 35.9 Å². The molecule has 0 radical (unpaired) electrons. The van der Waals surface area contributed by atoms with Gasteiger partial charge in [-0.2, -0.15) is 4.98 Å². The van der Waals surface area contributed by atoms with Crippen LogP contribution in [0, 0.1) is 0 Å². The fraction of sp³-hybridized carbons (Fsp3) is 0.261. The number of aromatic nitrogens is 7. The normalized spacial score (nSPS) is 11.3. The molecule has 2 aromatic carbocycles. The Morgan fingerprint density at radius 2 is 1.87 bits per heavy atom. The van der Waals surface area contributed by atoms with Crippen molar-refractivity contribution in [2.24, 2.45) is 0 Å².